The Kier molecular flexibility index (Phi) is 4.10. The number of carboxylic acid groups (broad SMARTS) is 1. The fourth-order valence-electron chi connectivity index (χ4n) is 2.38. The summed E-state index contributed by atoms with van der Waals surface area (Å²) in [5, 5.41) is 9.29. The number of carbonyl (C=O) groups is 1. The van der Waals surface area contributed by atoms with Gasteiger partial charge in [-0.1, -0.05) is 25.5 Å². The Balaban J connectivity index is 2.03. The van der Waals surface area contributed by atoms with Crippen molar-refractivity contribution in [2.24, 2.45) is 5.41 Å². The first kappa shape index (κ1) is 13.9. The van der Waals surface area contributed by atoms with Crippen LogP contribution >= 0.6 is 0 Å². The third-order valence-corrected chi connectivity index (χ3v) is 3.67. The molecule has 0 bridgehead atoms. The van der Waals surface area contributed by atoms with Crippen LogP contribution in [0.5, 0.6) is 0 Å². The zero-order valence-electron chi connectivity index (χ0n) is 11.6. The van der Waals surface area contributed by atoms with E-state index in [0.29, 0.717) is 19.8 Å². The molecule has 1 heterocycles. The predicted octanol–water partition coefficient (Wildman–Crippen LogP) is 2.18. The van der Waals surface area contributed by atoms with Gasteiger partial charge in [0.1, 0.15) is 5.41 Å². The summed E-state index contributed by atoms with van der Waals surface area (Å²) in [5.41, 5.74) is 1.63. The van der Waals surface area contributed by atoms with E-state index in [0.717, 1.165) is 18.5 Å². The van der Waals surface area contributed by atoms with Crippen LogP contribution in [0.2, 0.25) is 0 Å². The number of aryl methyl sites for hydroxylation is 1. The first-order valence-electron chi connectivity index (χ1n) is 6.68. The number of hydrogen-bond donors (Lipinski definition) is 1. The highest BCUT2D eigenvalue weighted by molar-refractivity contribution is 5.77. The number of anilines is 1. The van der Waals surface area contributed by atoms with E-state index < -0.39 is 11.4 Å². The van der Waals surface area contributed by atoms with Gasteiger partial charge in [-0.05, 0) is 24.1 Å². The molecular weight excluding hydrogens is 242 g/mol. The average Bonchev–Trinajstić information content (AvgIpc) is 2.34. The van der Waals surface area contributed by atoms with Gasteiger partial charge in [-0.15, -0.1) is 0 Å². The maximum absolute atomic E-state index is 11.3. The summed E-state index contributed by atoms with van der Waals surface area (Å²) in [6, 6.07) is 8.33. The average molecular weight is 263 g/mol. The van der Waals surface area contributed by atoms with Crippen molar-refractivity contribution in [2.45, 2.75) is 19.8 Å². The number of hydrogen-bond acceptors (Lipinski definition) is 3. The molecule has 0 radical (unpaired) electrons. The van der Waals surface area contributed by atoms with Crippen LogP contribution in [-0.4, -0.2) is 37.9 Å². The fraction of sp³-hybridized carbons (Fsp3) is 0.533. The quantitative estimate of drug-likeness (QED) is 0.854. The number of rotatable bonds is 6. The second-order valence-corrected chi connectivity index (χ2v) is 5.35. The first-order chi connectivity index (χ1) is 9.07. The Hall–Kier alpha value is -1.55. The molecule has 0 unspecified atom stereocenters. The molecule has 2 rings (SSSR count). The molecule has 19 heavy (non-hydrogen) atoms. The Morgan fingerprint density at radius 1 is 1.37 bits per heavy atom. The maximum atomic E-state index is 11.3. The fourth-order valence-corrected chi connectivity index (χ4v) is 2.38. The predicted molar refractivity (Wildman–Crippen MR) is 74.6 cm³/mol. The third kappa shape index (κ3) is 2.89. The first-order valence-corrected chi connectivity index (χ1v) is 6.68. The van der Waals surface area contributed by atoms with Crippen LogP contribution in [0.4, 0.5) is 5.69 Å². The van der Waals surface area contributed by atoms with E-state index >= 15 is 0 Å². The summed E-state index contributed by atoms with van der Waals surface area (Å²) >= 11 is 0. The molecule has 104 valence electrons. The van der Waals surface area contributed by atoms with Crippen LogP contribution in [-0.2, 0) is 16.0 Å². The molecule has 4 heteroatoms. The molecule has 0 aliphatic carbocycles. The van der Waals surface area contributed by atoms with Gasteiger partial charge in [0.25, 0.3) is 0 Å². The van der Waals surface area contributed by atoms with Crippen molar-refractivity contribution in [3.63, 3.8) is 0 Å². The van der Waals surface area contributed by atoms with Crippen LogP contribution in [0.15, 0.2) is 24.3 Å². The summed E-state index contributed by atoms with van der Waals surface area (Å²) in [7, 11) is 1.93. The molecule has 0 aromatic heterocycles. The number of nitrogens with zero attached hydrogens (tertiary/aromatic N) is 1. The second kappa shape index (κ2) is 5.61. The molecule has 4 nitrogen and oxygen atoms in total. The van der Waals surface area contributed by atoms with Gasteiger partial charge >= 0.3 is 5.97 Å². The largest absolute Gasteiger partial charge is 0.481 e. The van der Waals surface area contributed by atoms with Gasteiger partial charge in [-0.2, -0.15) is 0 Å². The molecular formula is C15H21NO3. The lowest BCUT2D eigenvalue weighted by atomic mass is 9.85. The Morgan fingerprint density at radius 3 is 2.42 bits per heavy atom. The van der Waals surface area contributed by atoms with E-state index in [9.17, 15) is 9.90 Å². The van der Waals surface area contributed by atoms with Gasteiger partial charge in [-0.25, -0.2) is 0 Å². The van der Waals surface area contributed by atoms with Gasteiger partial charge in [0.05, 0.1) is 13.2 Å². The van der Waals surface area contributed by atoms with E-state index in [-0.39, 0.29) is 0 Å². The molecule has 1 saturated heterocycles. The summed E-state index contributed by atoms with van der Waals surface area (Å²) in [4.78, 5) is 13.3. The van der Waals surface area contributed by atoms with Crippen molar-refractivity contribution >= 4 is 11.7 Å². The van der Waals surface area contributed by atoms with Crippen molar-refractivity contribution in [1.82, 2.24) is 0 Å². The van der Waals surface area contributed by atoms with Gasteiger partial charge in [0, 0.05) is 19.3 Å². The van der Waals surface area contributed by atoms with Crippen LogP contribution in [0, 0.1) is 5.41 Å². The number of benzene rings is 1. The molecule has 0 atom stereocenters. The highest BCUT2D eigenvalue weighted by atomic mass is 16.5. The van der Waals surface area contributed by atoms with Crippen LogP contribution < -0.4 is 4.90 Å². The third-order valence-electron chi connectivity index (χ3n) is 3.67. The summed E-state index contributed by atoms with van der Waals surface area (Å²) in [5.74, 6) is -0.770. The molecule has 1 aliphatic rings. The maximum Gasteiger partial charge on any atom is 0.316 e. The van der Waals surface area contributed by atoms with Crippen molar-refractivity contribution < 1.29 is 14.6 Å². The zero-order valence-corrected chi connectivity index (χ0v) is 11.6. The molecule has 1 N–H and O–H groups in total. The number of ether oxygens (including phenoxy) is 1. The standard InChI is InChI=1S/C15H21NO3/c1-3-4-12-5-7-13(8-6-12)16(2)9-15(14(17)18)10-19-11-15/h5-8H,3-4,9-11H2,1-2H3,(H,17,18). The topological polar surface area (TPSA) is 49.8 Å². The molecule has 0 spiro atoms. The van der Waals surface area contributed by atoms with Crippen LogP contribution in [0.3, 0.4) is 0 Å². The highest BCUT2D eigenvalue weighted by Gasteiger charge is 2.47. The van der Waals surface area contributed by atoms with Crippen molar-refractivity contribution in [2.75, 3.05) is 31.7 Å². The number of aliphatic carboxylic acids is 1. The normalized spacial score (nSPS) is 16.7. The van der Waals surface area contributed by atoms with E-state index in [4.69, 9.17) is 4.74 Å². The van der Waals surface area contributed by atoms with Gasteiger partial charge in [-0.3, -0.25) is 4.79 Å². The molecule has 1 aliphatic heterocycles. The minimum Gasteiger partial charge on any atom is -0.481 e. The molecule has 0 amide bonds. The summed E-state index contributed by atoms with van der Waals surface area (Å²) in [6.07, 6.45) is 2.21. The molecule has 1 aromatic rings. The van der Waals surface area contributed by atoms with E-state index in [1.165, 1.54) is 5.56 Å². The van der Waals surface area contributed by atoms with Crippen LogP contribution in [0.25, 0.3) is 0 Å². The summed E-state index contributed by atoms with van der Waals surface area (Å²) in [6.45, 7) is 3.25. The second-order valence-electron chi connectivity index (χ2n) is 5.35. The van der Waals surface area contributed by atoms with Crippen molar-refractivity contribution in [3.8, 4) is 0 Å². The molecule has 1 aromatic carbocycles. The van der Waals surface area contributed by atoms with E-state index in [1.54, 1.807) is 0 Å². The zero-order chi connectivity index (χ0) is 13.9. The van der Waals surface area contributed by atoms with Gasteiger partial charge in [0.15, 0.2) is 0 Å². The SMILES string of the molecule is CCCc1ccc(N(C)CC2(C(=O)O)COC2)cc1. The van der Waals surface area contributed by atoms with Gasteiger partial charge < -0.3 is 14.7 Å². The van der Waals surface area contributed by atoms with Crippen LogP contribution in [0.1, 0.15) is 18.9 Å². The van der Waals surface area contributed by atoms with Gasteiger partial charge in [0.2, 0.25) is 0 Å². The van der Waals surface area contributed by atoms with Crippen molar-refractivity contribution in [3.05, 3.63) is 29.8 Å². The highest BCUT2D eigenvalue weighted by Crippen LogP contribution is 2.30. The lowest BCUT2D eigenvalue weighted by molar-refractivity contribution is -0.177. The lowest BCUT2D eigenvalue weighted by Crippen LogP contribution is -2.55. The number of carboxylic acids is 1. The smallest absolute Gasteiger partial charge is 0.316 e. The summed E-state index contributed by atoms with van der Waals surface area (Å²) < 4.78 is 5.08. The molecule has 1 fully saturated rings. The lowest BCUT2D eigenvalue weighted by Gasteiger charge is -2.40. The molecule has 0 saturated carbocycles. The van der Waals surface area contributed by atoms with Crippen molar-refractivity contribution in [1.29, 1.82) is 0 Å². The monoisotopic (exact) mass is 263 g/mol. The Labute approximate surface area is 114 Å². The Morgan fingerprint density at radius 2 is 2.00 bits per heavy atom. The minimum absolute atomic E-state index is 0.306. The Bertz CT molecular complexity index is 437. The van der Waals surface area contributed by atoms with E-state index in [1.807, 2.05) is 11.9 Å². The minimum atomic E-state index is -0.770. The van der Waals surface area contributed by atoms with E-state index in [2.05, 4.69) is 31.2 Å².